The van der Waals surface area contributed by atoms with Gasteiger partial charge in [-0.3, -0.25) is 4.79 Å². The third-order valence-corrected chi connectivity index (χ3v) is 3.86. The molecule has 0 spiro atoms. The summed E-state index contributed by atoms with van der Waals surface area (Å²) in [4.78, 5) is 12.1. The van der Waals surface area contributed by atoms with Gasteiger partial charge in [-0.05, 0) is 49.0 Å². The molecule has 2 aromatic rings. The Kier molecular flexibility index (Phi) is 4.80. The Morgan fingerprint density at radius 1 is 1.33 bits per heavy atom. The third-order valence-electron chi connectivity index (χ3n) is 2.74. The standard InChI is InChI=1S/C15H13N3O2S/c1-11(21-14-4-2-3-9-18(14)20)15(19)17-13-7-5-12(10-16)6-8-13/h2-9,11H,1H3,(H,17,19)/t11-/m0/s1. The zero-order valence-electron chi connectivity index (χ0n) is 11.3. The second-order valence-corrected chi connectivity index (χ2v) is 5.66. The van der Waals surface area contributed by atoms with E-state index in [1.807, 2.05) is 6.07 Å². The molecule has 21 heavy (non-hydrogen) atoms. The number of hydrogen-bond donors (Lipinski definition) is 1. The number of amides is 1. The van der Waals surface area contributed by atoms with E-state index in [0.29, 0.717) is 16.3 Å². The molecule has 0 bridgehead atoms. The first-order chi connectivity index (χ1) is 10.1. The molecule has 0 aliphatic rings. The Bertz CT molecular complexity index is 680. The molecule has 1 amide bonds. The van der Waals surface area contributed by atoms with Crippen molar-refractivity contribution in [3.63, 3.8) is 0 Å². The molecule has 0 aliphatic carbocycles. The average molecular weight is 299 g/mol. The monoisotopic (exact) mass is 299 g/mol. The number of rotatable bonds is 4. The molecule has 1 aromatic carbocycles. The second-order valence-electron chi connectivity index (χ2n) is 4.30. The van der Waals surface area contributed by atoms with Crippen molar-refractivity contribution in [2.24, 2.45) is 0 Å². The predicted molar refractivity (Wildman–Crippen MR) is 80.5 cm³/mol. The fraction of sp³-hybridized carbons (Fsp3) is 0.133. The highest BCUT2D eigenvalue weighted by Crippen LogP contribution is 2.21. The van der Waals surface area contributed by atoms with Crippen LogP contribution in [0.15, 0.2) is 53.7 Å². The lowest BCUT2D eigenvalue weighted by Crippen LogP contribution is -2.30. The first kappa shape index (κ1) is 14.9. The van der Waals surface area contributed by atoms with E-state index in [-0.39, 0.29) is 5.91 Å². The molecule has 5 nitrogen and oxygen atoms in total. The number of carbonyl (C=O) groups is 1. The topological polar surface area (TPSA) is 79.8 Å². The van der Waals surface area contributed by atoms with Crippen LogP contribution in [0.25, 0.3) is 0 Å². The highest BCUT2D eigenvalue weighted by atomic mass is 32.2. The molecule has 1 N–H and O–H groups in total. The number of benzene rings is 1. The van der Waals surface area contributed by atoms with Crippen LogP contribution in [-0.4, -0.2) is 11.2 Å². The Labute approximate surface area is 126 Å². The number of pyridine rings is 1. The van der Waals surface area contributed by atoms with Gasteiger partial charge in [-0.25, -0.2) is 0 Å². The molecule has 106 valence electrons. The molecule has 1 atom stereocenters. The van der Waals surface area contributed by atoms with Crippen LogP contribution in [0.2, 0.25) is 0 Å². The number of anilines is 1. The maximum atomic E-state index is 12.1. The van der Waals surface area contributed by atoms with Crippen molar-refractivity contribution >= 4 is 23.4 Å². The van der Waals surface area contributed by atoms with E-state index in [4.69, 9.17) is 5.26 Å². The van der Waals surface area contributed by atoms with Crippen molar-refractivity contribution in [2.45, 2.75) is 17.2 Å². The number of nitrogens with zero attached hydrogens (tertiary/aromatic N) is 2. The Morgan fingerprint density at radius 2 is 2.05 bits per heavy atom. The minimum absolute atomic E-state index is 0.200. The van der Waals surface area contributed by atoms with Gasteiger partial charge < -0.3 is 10.5 Å². The predicted octanol–water partition coefficient (Wildman–Crippen LogP) is 2.31. The largest absolute Gasteiger partial charge is 0.618 e. The van der Waals surface area contributed by atoms with Gasteiger partial charge >= 0.3 is 0 Å². The summed E-state index contributed by atoms with van der Waals surface area (Å²) in [5.74, 6) is -0.200. The zero-order chi connectivity index (χ0) is 15.2. The molecular formula is C15H13N3O2S. The van der Waals surface area contributed by atoms with Gasteiger partial charge in [-0.2, -0.15) is 9.99 Å². The quantitative estimate of drug-likeness (QED) is 0.534. The first-order valence-corrected chi connectivity index (χ1v) is 7.14. The highest BCUT2D eigenvalue weighted by Gasteiger charge is 2.18. The molecule has 0 radical (unpaired) electrons. The van der Waals surface area contributed by atoms with Crippen LogP contribution >= 0.6 is 11.8 Å². The van der Waals surface area contributed by atoms with E-state index in [1.165, 1.54) is 18.0 Å². The Morgan fingerprint density at radius 3 is 2.67 bits per heavy atom. The van der Waals surface area contributed by atoms with Gasteiger partial charge in [-0.1, -0.05) is 0 Å². The molecule has 6 heteroatoms. The van der Waals surface area contributed by atoms with Gasteiger partial charge in [0, 0.05) is 17.8 Å². The first-order valence-electron chi connectivity index (χ1n) is 6.26. The third kappa shape index (κ3) is 3.97. The van der Waals surface area contributed by atoms with Gasteiger partial charge in [0.15, 0.2) is 6.20 Å². The highest BCUT2D eigenvalue weighted by molar-refractivity contribution is 8.00. The van der Waals surface area contributed by atoms with E-state index in [9.17, 15) is 10.0 Å². The number of carbonyl (C=O) groups excluding carboxylic acids is 1. The lowest BCUT2D eigenvalue weighted by molar-refractivity contribution is -0.645. The maximum Gasteiger partial charge on any atom is 0.252 e. The lowest BCUT2D eigenvalue weighted by Gasteiger charge is -2.11. The van der Waals surface area contributed by atoms with Crippen LogP contribution in [0.3, 0.4) is 0 Å². The molecule has 0 saturated heterocycles. The summed E-state index contributed by atoms with van der Waals surface area (Å²) >= 11 is 1.19. The van der Waals surface area contributed by atoms with Crippen molar-refractivity contribution in [1.29, 1.82) is 5.26 Å². The maximum absolute atomic E-state index is 12.1. The van der Waals surface area contributed by atoms with Gasteiger partial charge in [0.05, 0.1) is 16.9 Å². The average Bonchev–Trinajstić information content (AvgIpc) is 2.50. The summed E-state index contributed by atoms with van der Waals surface area (Å²) in [6, 6.07) is 13.7. The van der Waals surface area contributed by atoms with Gasteiger partial charge in [0.1, 0.15) is 0 Å². The summed E-state index contributed by atoms with van der Waals surface area (Å²) in [7, 11) is 0. The van der Waals surface area contributed by atoms with E-state index in [1.54, 1.807) is 49.4 Å². The van der Waals surface area contributed by atoms with Crippen LogP contribution in [-0.2, 0) is 4.79 Å². The molecule has 1 heterocycles. The number of nitriles is 1. The molecule has 0 fully saturated rings. The summed E-state index contributed by atoms with van der Waals surface area (Å²) in [5, 5.41) is 23.1. The van der Waals surface area contributed by atoms with Crippen LogP contribution in [0, 0.1) is 16.5 Å². The summed E-state index contributed by atoms with van der Waals surface area (Å²) < 4.78 is 0.732. The summed E-state index contributed by atoms with van der Waals surface area (Å²) in [6.07, 6.45) is 1.40. The van der Waals surface area contributed by atoms with Crippen LogP contribution in [0.4, 0.5) is 5.69 Å². The molecule has 0 aliphatic heterocycles. The van der Waals surface area contributed by atoms with Crippen LogP contribution in [0.5, 0.6) is 0 Å². The molecule has 0 unspecified atom stereocenters. The van der Waals surface area contributed by atoms with Crippen molar-refractivity contribution < 1.29 is 9.52 Å². The van der Waals surface area contributed by atoms with E-state index in [2.05, 4.69) is 5.32 Å². The molecule has 2 rings (SSSR count). The Hall–Kier alpha value is -2.52. The lowest BCUT2D eigenvalue weighted by atomic mass is 10.2. The van der Waals surface area contributed by atoms with Gasteiger partial charge in [0.25, 0.3) is 5.03 Å². The number of aromatic nitrogens is 1. The number of hydrogen-bond acceptors (Lipinski definition) is 4. The number of thioether (sulfide) groups is 1. The Balaban J connectivity index is 1.99. The smallest absolute Gasteiger partial charge is 0.252 e. The molecule has 1 aromatic heterocycles. The minimum atomic E-state index is -0.414. The summed E-state index contributed by atoms with van der Waals surface area (Å²) in [5.41, 5.74) is 1.15. The second kappa shape index (κ2) is 6.77. The van der Waals surface area contributed by atoms with E-state index >= 15 is 0 Å². The molecule has 0 saturated carbocycles. The van der Waals surface area contributed by atoms with Crippen molar-refractivity contribution in [3.05, 3.63) is 59.4 Å². The van der Waals surface area contributed by atoms with Crippen molar-refractivity contribution in [3.8, 4) is 6.07 Å². The van der Waals surface area contributed by atoms with E-state index < -0.39 is 5.25 Å². The normalized spacial score (nSPS) is 11.4. The van der Waals surface area contributed by atoms with Gasteiger partial charge in [-0.15, -0.1) is 0 Å². The van der Waals surface area contributed by atoms with Crippen molar-refractivity contribution in [1.82, 2.24) is 0 Å². The van der Waals surface area contributed by atoms with Gasteiger partial charge in [0.2, 0.25) is 5.91 Å². The number of nitrogens with one attached hydrogen (secondary N) is 1. The molecular weight excluding hydrogens is 286 g/mol. The van der Waals surface area contributed by atoms with Crippen LogP contribution < -0.4 is 10.0 Å². The fourth-order valence-corrected chi connectivity index (χ4v) is 2.46. The minimum Gasteiger partial charge on any atom is -0.618 e. The van der Waals surface area contributed by atoms with E-state index in [0.717, 1.165) is 4.73 Å². The zero-order valence-corrected chi connectivity index (χ0v) is 12.1. The van der Waals surface area contributed by atoms with Crippen molar-refractivity contribution in [2.75, 3.05) is 5.32 Å². The fourth-order valence-electron chi connectivity index (χ4n) is 1.61. The summed E-state index contributed by atoms with van der Waals surface area (Å²) in [6.45, 7) is 1.73. The SMILES string of the molecule is C[C@H](Sc1cccc[n+]1[O-])C(=O)Nc1ccc(C#N)cc1. The van der Waals surface area contributed by atoms with Crippen LogP contribution in [0.1, 0.15) is 12.5 Å².